The highest BCUT2D eigenvalue weighted by atomic mass is 32.2. The molecule has 1 fully saturated rings. The molecule has 4 aromatic rings. The second-order valence-electron chi connectivity index (χ2n) is 9.24. The third-order valence-electron chi connectivity index (χ3n) is 6.63. The quantitative estimate of drug-likeness (QED) is 0.242. The predicted octanol–water partition coefficient (Wildman–Crippen LogP) is 6.47. The number of nitrogens with zero attached hydrogens (tertiary/aromatic N) is 3. The Morgan fingerprint density at radius 3 is 2.85 bits per heavy atom. The van der Waals surface area contributed by atoms with Crippen molar-refractivity contribution in [3.8, 4) is 0 Å². The summed E-state index contributed by atoms with van der Waals surface area (Å²) in [4.78, 5) is 29.9. The number of anilines is 2. The Labute approximate surface area is 232 Å². The Morgan fingerprint density at radius 2 is 2.00 bits per heavy atom. The minimum Gasteiger partial charge on any atom is -0.375 e. The van der Waals surface area contributed by atoms with Gasteiger partial charge in [0, 0.05) is 50.8 Å². The molecule has 11 heteroatoms. The van der Waals surface area contributed by atoms with Crippen LogP contribution in [0.2, 0.25) is 0 Å². The van der Waals surface area contributed by atoms with Crippen molar-refractivity contribution in [1.29, 1.82) is 0 Å². The van der Waals surface area contributed by atoms with Gasteiger partial charge in [-0.25, -0.2) is 18.7 Å². The Balaban J connectivity index is 1.21. The smallest absolute Gasteiger partial charge is 0.280 e. The SMILES string of the molecule is CC(Nc1ccc2c(c1)Sc1cccc(C3CN(c4ccc[nH]c4=O)CCO3)c1S2)c1nccc(C(F)F)n1. The highest BCUT2D eigenvalue weighted by molar-refractivity contribution is 8.05. The van der Waals surface area contributed by atoms with Gasteiger partial charge in [-0.15, -0.1) is 0 Å². The lowest BCUT2D eigenvalue weighted by Gasteiger charge is -2.35. The van der Waals surface area contributed by atoms with E-state index in [1.807, 2.05) is 31.2 Å². The highest BCUT2D eigenvalue weighted by Crippen LogP contribution is 2.52. The number of fused-ring (bicyclic) bond motifs is 2. The van der Waals surface area contributed by atoms with Crippen LogP contribution in [-0.2, 0) is 4.74 Å². The lowest BCUT2D eigenvalue weighted by atomic mass is 10.1. The van der Waals surface area contributed by atoms with Crippen LogP contribution in [0.1, 0.15) is 42.6 Å². The third kappa shape index (κ3) is 5.39. The summed E-state index contributed by atoms with van der Waals surface area (Å²) >= 11 is 3.40. The monoisotopic (exact) mass is 565 g/mol. The number of H-pyrrole nitrogens is 1. The maximum atomic E-state index is 13.1. The Morgan fingerprint density at radius 1 is 1.10 bits per heavy atom. The minimum absolute atomic E-state index is 0.0980. The summed E-state index contributed by atoms with van der Waals surface area (Å²) in [5, 5.41) is 3.34. The first kappa shape index (κ1) is 25.8. The maximum Gasteiger partial charge on any atom is 0.280 e. The van der Waals surface area contributed by atoms with Gasteiger partial charge in [0.05, 0.1) is 12.6 Å². The fourth-order valence-corrected chi connectivity index (χ4v) is 7.17. The van der Waals surface area contributed by atoms with Crippen molar-refractivity contribution in [2.75, 3.05) is 29.9 Å². The molecule has 0 spiro atoms. The number of aromatic amines is 1. The number of pyridine rings is 1. The molecule has 2 N–H and O–H groups in total. The molecular weight excluding hydrogens is 540 g/mol. The van der Waals surface area contributed by atoms with Crippen molar-refractivity contribution in [2.24, 2.45) is 0 Å². The minimum atomic E-state index is -2.64. The molecule has 1 saturated heterocycles. The Hall–Kier alpha value is -3.41. The third-order valence-corrected chi connectivity index (χ3v) is 9.24. The fourth-order valence-electron chi connectivity index (χ4n) is 4.72. The summed E-state index contributed by atoms with van der Waals surface area (Å²) in [7, 11) is 0. The number of morpholine rings is 1. The van der Waals surface area contributed by atoms with Crippen LogP contribution in [0.15, 0.2) is 91.4 Å². The number of nitrogens with one attached hydrogen (secondary N) is 2. The summed E-state index contributed by atoms with van der Waals surface area (Å²) < 4.78 is 32.3. The molecule has 0 aliphatic carbocycles. The average Bonchev–Trinajstić information content (AvgIpc) is 2.96. The van der Waals surface area contributed by atoms with E-state index in [2.05, 4.69) is 49.4 Å². The van der Waals surface area contributed by atoms with Crippen LogP contribution in [0.25, 0.3) is 0 Å². The van der Waals surface area contributed by atoms with Gasteiger partial charge in [0.1, 0.15) is 17.5 Å². The normalized spacial score (nSPS) is 17.4. The number of halogens is 2. The molecule has 200 valence electrons. The molecule has 2 aliphatic heterocycles. The average molecular weight is 566 g/mol. The molecule has 39 heavy (non-hydrogen) atoms. The van der Waals surface area contributed by atoms with Crippen molar-refractivity contribution in [2.45, 2.75) is 45.1 Å². The topological polar surface area (TPSA) is 83.1 Å². The van der Waals surface area contributed by atoms with Gasteiger partial charge in [-0.1, -0.05) is 35.7 Å². The van der Waals surface area contributed by atoms with E-state index in [0.717, 1.165) is 30.8 Å². The number of aromatic nitrogens is 3. The van der Waals surface area contributed by atoms with Gasteiger partial charge >= 0.3 is 0 Å². The molecular formula is C28H25F2N5O2S2. The zero-order chi connectivity index (χ0) is 26.9. The molecule has 0 bridgehead atoms. The first-order valence-electron chi connectivity index (χ1n) is 12.5. The second kappa shape index (κ2) is 11.0. The number of benzene rings is 2. The first-order valence-corrected chi connectivity index (χ1v) is 14.1. The van der Waals surface area contributed by atoms with Gasteiger partial charge in [0.25, 0.3) is 12.0 Å². The first-order chi connectivity index (χ1) is 19.0. The van der Waals surface area contributed by atoms with Crippen molar-refractivity contribution in [3.63, 3.8) is 0 Å². The van der Waals surface area contributed by atoms with Gasteiger partial charge in [-0.05, 0) is 55.0 Å². The Bertz CT molecular complexity index is 1570. The van der Waals surface area contributed by atoms with Gasteiger partial charge in [0.15, 0.2) is 5.82 Å². The number of hydrogen-bond acceptors (Lipinski definition) is 8. The zero-order valence-electron chi connectivity index (χ0n) is 20.9. The van der Waals surface area contributed by atoms with Gasteiger partial charge in [0.2, 0.25) is 0 Å². The predicted molar refractivity (Wildman–Crippen MR) is 148 cm³/mol. The molecule has 2 aliphatic rings. The van der Waals surface area contributed by atoms with Crippen LogP contribution in [0.4, 0.5) is 20.2 Å². The molecule has 2 aromatic carbocycles. The van der Waals surface area contributed by atoms with E-state index in [4.69, 9.17) is 4.74 Å². The van der Waals surface area contributed by atoms with Crippen molar-refractivity contribution in [1.82, 2.24) is 15.0 Å². The zero-order valence-corrected chi connectivity index (χ0v) is 22.6. The van der Waals surface area contributed by atoms with E-state index >= 15 is 0 Å². The summed E-state index contributed by atoms with van der Waals surface area (Å²) in [5.41, 5.74) is 2.25. The van der Waals surface area contributed by atoms with E-state index in [-0.39, 0.29) is 23.4 Å². The maximum absolute atomic E-state index is 13.1. The van der Waals surface area contributed by atoms with Crippen LogP contribution in [-0.4, -0.2) is 34.6 Å². The summed E-state index contributed by atoms with van der Waals surface area (Å²) in [6.45, 7) is 3.64. The molecule has 7 nitrogen and oxygen atoms in total. The molecule has 2 unspecified atom stereocenters. The lowest BCUT2D eigenvalue weighted by Crippen LogP contribution is -2.41. The van der Waals surface area contributed by atoms with E-state index in [9.17, 15) is 13.6 Å². The van der Waals surface area contributed by atoms with E-state index in [0.29, 0.717) is 31.2 Å². The number of rotatable bonds is 6. The van der Waals surface area contributed by atoms with E-state index in [1.165, 1.54) is 12.3 Å². The molecule has 4 heterocycles. The number of alkyl halides is 2. The molecule has 2 aromatic heterocycles. The summed E-state index contributed by atoms with van der Waals surface area (Å²) in [6.07, 6.45) is 0.212. The van der Waals surface area contributed by atoms with Crippen LogP contribution >= 0.6 is 23.5 Å². The molecule has 2 atom stereocenters. The summed E-state index contributed by atoms with van der Waals surface area (Å²) in [5.74, 6) is 0.321. The highest BCUT2D eigenvalue weighted by Gasteiger charge is 2.29. The number of hydrogen-bond donors (Lipinski definition) is 2. The van der Waals surface area contributed by atoms with E-state index in [1.54, 1.807) is 29.7 Å². The van der Waals surface area contributed by atoms with Crippen LogP contribution in [0, 0.1) is 0 Å². The fraction of sp³-hybridized carbons (Fsp3) is 0.250. The van der Waals surface area contributed by atoms with Crippen LogP contribution in [0.3, 0.4) is 0 Å². The van der Waals surface area contributed by atoms with Crippen molar-refractivity contribution in [3.05, 3.63) is 94.4 Å². The molecule has 6 rings (SSSR count). The van der Waals surface area contributed by atoms with Crippen molar-refractivity contribution < 1.29 is 13.5 Å². The number of ether oxygens (including phenoxy) is 1. The van der Waals surface area contributed by atoms with Gasteiger partial charge < -0.3 is 19.9 Å². The van der Waals surface area contributed by atoms with Crippen molar-refractivity contribution >= 4 is 34.9 Å². The molecule has 0 radical (unpaired) electrons. The molecule has 0 amide bonds. The summed E-state index contributed by atoms with van der Waals surface area (Å²) in [6, 6.07) is 16.9. The lowest BCUT2D eigenvalue weighted by molar-refractivity contribution is 0.0378. The largest absolute Gasteiger partial charge is 0.375 e. The Kier molecular flexibility index (Phi) is 7.28. The second-order valence-corrected chi connectivity index (χ2v) is 11.4. The van der Waals surface area contributed by atoms with Crippen LogP contribution in [0.5, 0.6) is 0 Å². The van der Waals surface area contributed by atoms with Gasteiger partial charge in [-0.2, -0.15) is 0 Å². The molecule has 0 saturated carbocycles. The van der Waals surface area contributed by atoms with Crippen LogP contribution < -0.4 is 15.8 Å². The standard InChI is InChI=1S/C28H25F2N5O2S2/c1-16(27-31-11-9-19(34-27)26(29)30)33-17-7-8-22-24(14-17)38-23-6-2-4-18(25(23)39-22)21-15-35(12-13-37-21)20-5-3-10-32-28(20)36/h2-11,14,16,21,26,33H,12-13,15H2,1H3,(H,32,36). The van der Waals surface area contributed by atoms with Gasteiger partial charge in [-0.3, -0.25) is 4.79 Å². The van der Waals surface area contributed by atoms with E-state index < -0.39 is 6.43 Å².